The second kappa shape index (κ2) is 9.12. The van der Waals surface area contributed by atoms with Gasteiger partial charge in [-0.15, -0.1) is 0 Å². The van der Waals surface area contributed by atoms with Crippen LogP contribution in [0, 0.1) is 0 Å². The predicted octanol–water partition coefficient (Wildman–Crippen LogP) is 6.97. The summed E-state index contributed by atoms with van der Waals surface area (Å²) in [5, 5.41) is 0. The highest BCUT2D eigenvalue weighted by molar-refractivity contribution is 6.90. The van der Waals surface area contributed by atoms with Crippen LogP contribution in [0.5, 0.6) is 0 Å². The van der Waals surface area contributed by atoms with Gasteiger partial charge in [0.05, 0.1) is 5.41 Å². The predicted molar refractivity (Wildman–Crippen MR) is 143 cm³/mol. The molecule has 4 nitrogen and oxygen atoms in total. The number of para-hydroxylation sites is 1. The second-order valence-electron chi connectivity index (χ2n) is 12.3. The van der Waals surface area contributed by atoms with E-state index in [1.165, 1.54) is 17.0 Å². The quantitative estimate of drug-likeness (QED) is 0.259. The molecule has 0 saturated heterocycles. The first-order valence-electron chi connectivity index (χ1n) is 11.7. The van der Waals surface area contributed by atoms with E-state index in [1.807, 2.05) is 0 Å². The molecule has 1 aliphatic heterocycles. The van der Waals surface area contributed by atoms with E-state index in [2.05, 4.69) is 109 Å². The monoisotopic (exact) mass is 496 g/mol. The van der Waals surface area contributed by atoms with Crippen molar-refractivity contribution in [3.8, 4) is 0 Å². The highest BCUT2D eigenvalue weighted by atomic mass is 28.5. The summed E-state index contributed by atoms with van der Waals surface area (Å²) in [5.74, 6) is 0. The first-order chi connectivity index (χ1) is 13.9. The maximum Gasteiger partial charge on any atom is 0.469 e. The van der Waals surface area contributed by atoms with E-state index in [4.69, 9.17) is 12.3 Å². The number of rotatable bonds is 10. The largest absolute Gasteiger partial charge is 0.469 e. The molecule has 0 radical (unpaired) electrons. The van der Waals surface area contributed by atoms with Crippen LogP contribution in [0.2, 0.25) is 65.0 Å². The van der Waals surface area contributed by atoms with Gasteiger partial charge in [0.1, 0.15) is 6.54 Å². The molecule has 1 aromatic rings. The van der Waals surface area contributed by atoms with Crippen LogP contribution in [-0.2, 0) is 17.8 Å². The van der Waals surface area contributed by atoms with E-state index in [9.17, 15) is 0 Å². The third kappa shape index (κ3) is 7.31. The zero-order valence-electron chi connectivity index (χ0n) is 22.1. The maximum absolute atomic E-state index is 6.86. The molecular formula is C23H46NO3Si4+. The Balaban J connectivity index is 2.32. The van der Waals surface area contributed by atoms with Crippen LogP contribution < -0.4 is 0 Å². The Morgan fingerprint density at radius 3 is 1.68 bits per heavy atom. The lowest BCUT2D eigenvalue weighted by atomic mass is 9.82. The minimum atomic E-state index is -2.77. The lowest BCUT2D eigenvalue weighted by Gasteiger charge is -2.42. The minimum Gasteiger partial charge on any atom is -0.417 e. The molecule has 0 fully saturated rings. The molecule has 0 unspecified atom stereocenters. The smallest absolute Gasteiger partial charge is 0.417 e. The van der Waals surface area contributed by atoms with Crippen molar-refractivity contribution in [3.05, 3.63) is 29.8 Å². The van der Waals surface area contributed by atoms with Crippen LogP contribution in [0.25, 0.3) is 0 Å². The van der Waals surface area contributed by atoms with E-state index in [0.29, 0.717) is 0 Å². The molecule has 31 heavy (non-hydrogen) atoms. The summed E-state index contributed by atoms with van der Waals surface area (Å²) in [5.41, 5.74) is 4.26. The third-order valence-electron chi connectivity index (χ3n) is 5.43. The molecule has 0 N–H and O–H groups in total. The van der Waals surface area contributed by atoms with E-state index < -0.39 is 33.8 Å². The van der Waals surface area contributed by atoms with E-state index in [1.54, 1.807) is 0 Å². The normalized spacial score (nSPS) is 17.3. The molecule has 1 aromatic carbocycles. The Morgan fingerprint density at radius 2 is 1.23 bits per heavy atom. The summed E-state index contributed by atoms with van der Waals surface area (Å²) in [7, 11) is -8.27. The highest BCUT2D eigenvalue weighted by Crippen LogP contribution is 2.39. The van der Waals surface area contributed by atoms with Crippen LogP contribution >= 0.6 is 0 Å². The first kappa shape index (κ1) is 26.9. The molecule has 0 aromatic heterocycles. The lowest BCUT2D eigenvalue weighted by Crippen LogP contribution is -2.60. The second-order valence-corrected chi connectivity index (χ2v) is 29.3. The fourth-order valence-corrected chi connectivity index (χ4v) is 18.9. The van der Waals surface area contributed by atoms with E-state index in [0.717, 1.165) is 19.0 Å². The van der Waals surface area contributed by atoms with Gasteiger partial charge in [-0.25, -0.2) is 0 Å². The zero-order chi connectivity index (χ0) is 23.9. The summed E-state index contributed by atoms with van der Waals surface area (Å²) in [6.45, 7) is 28.2. The van der Waals surface area contributed by atoms with Gasteiger partial charge in [0, 0.05) is 31.0 Å². The Labute approximate surface area is 195 Å². The number of fused-ring (bicyclic) bond motifs is 1. The summed E-state index contributed by atoms with van der Waals surface area (Å²) in [4.78, 5) is 0. The molecule has 1 aliphatic rings. The van der Waals surface area contributed by atoms with Crippen molar-refractivity contribution in [3.63, 3.8) is 0 Å². The summed E-state index contributed by atoms with van der Waals surface area (Å²) in [6.07, 6.45) is 1.01. The fourth-order valence-electron chi connectivity index (χ4n) is 4.31. The van der Waals surface area contributed by atoms with Gasteiger partial charge in [0.15, 0.2) is 30.7 Å². The van der Waals surface area contributed by atoms with Gasteiger partial charge in [-0.2, -0.15) is 4.58 Å². The van der Waals surface area contributed by atoms with Crippen LogP contribution in [-0.4, -0.2) is 50.6 Å². The Kier molecular flexibility index (Phi) is 7.91. The standard InChI is InChI=1S/C23H46NO3Si4/c1-20-23(2,3)21-16-13-14-17-22(21)24(20)18-15-19-31(25-28(4,5)6,26-29(7,8)9)27-30(10,11)12/h13-14,16-17H,15,18-19H2,1-12H3/q+1. The highest BCUT2D eigenvalue weighted by Gasteiger charge is 2.50. The fraction of sp³-hybridized carbons (Fsp3) is 0.696. The van der Waals surface area contributed by atoms with Gasteiger partial charge >= 0.3 is 8.80 Å². The summed E-state index contributed by atoms with van der Waals surface area (Å²) >= 11 is 0. The molecule has 0 amide bonds. The van der Waals surface area contributed by atoms with Crippen molar-refractivity contribution in [1.82, 2.24) is 0 Å². The molecule has 1 heterocycles. The van der Waals surface area contributed by atoms with Crippen molar-refractivity contribution < 1.29 is 16.9 Å². The van der Waals surface area contributed by atoms with Gasteiger partial charge in [-0.05, 0) is 72.8 Å². The summed E-state index contributed by atoms with van der Waals surface area (Å²) < 4.78 is 23.1. The molecule has 2 rings (SSSR count). The van der Waals surface area contributed by atoms with Crippen LogP contribution in [0.1, 0.15) is 32.8 Å². The third-order valence-corrected chi connectivity index (χ3v) is 17.5. The molecule has 0 saturated carbocycles. The average molecular weight is 497 g/mol. The van der Waals surface area contributed by atoms with E-state index >= 15 is 0 Å². The Hall–Kier alpha value is -0.362. The lowest BCUT2D eigenvalue weighted by molar-refractivity contribution is -0.439. The number of benzene rings is 1. The molecule has 0 bridgehead atoms. The number of hydrogen-bond donors (Lipinski definition) is 0. The zero-order valence-corrected chi connectivity index (χ0v) is 26.1. The van der Waals surface area contributed by atoms with Crippen LogP contribution in [0.3, 0.4) is 0 Å². The molecule has 0 atom stereocenters. The maximum atomic E-state index is 6.86. The average Bonchev–Trinajstić information content (AvgIpc) is 2.71. The van der Waals surface area contributed by atoms with Crippen molar-refractivity contribution in [1.29, 1.82) is 0 Å². The molecule has 8 heteroatoms. The van der Waals surface area contributed by atoms with Crippen molar-refractivity contribution >= 4 is 45.2 Å². The van der Waals surface area contributed by atoms with Gasteiger partial charge in [0.25, 0.3) is 0 Å². The minimum absolute atomic E-state index is 0.0730. The van der Waals surface area contributed by atoms with Crippen molar-refractivity contribution in [2.24, 2.45) is 0 Å². The van der Waals surface area contributed by atoms with Gasteiger partial charge in [-0.1, -0.05) is 18.2 Å². The number of nitrogens with zero attached hydrogens (tertiary/aromatic N) is 1. The number of hydrogen-bond acceptors (Lipinski definition) is 3. The first-order valence-corrected chi connectivity index (χ1v) is 23.8. The van der Waals surface area contributed by atoms with Crippen LogP contribution in [0.15, 0.2) is 24.3 Å². The Morgan fingerprint density at radius 1 is 0.774 bits per heavy atom. The molecule has 176 valence electrons. The topological polar surface area (TPSA) is 30.7 Å². The molecule has 0 aliphatic carbocycles. The van der Waals surface area contributed by atoms with E-state index in [-0.39, 0.29) is 5.41 Å². The van der Waals surface area contributed by atoms with Gasteiger partial charge < -0.3 is 12.3 Å². The van der Waals surface area contributed by atoms with Gasteiger partial charge in [-0.3, -0.25) is 0 Å². The van der Waals surface area contributed by atoms with Gasteiger partial charge in [0.2, 0.25) is 5.69 Å². The van der Waals surface area contributed by atoms with Crippen LogP contribution in [0.4, 0.5) is 5.69 Å². The summed E-state index contributed by atoms with van der Waals surface area (Å²) in [6, 6.07) is 9.72. The van der Waals surface area contributed by atoms with Crippen molar-refractivity contribution in [2.45, 2.75) is 97.6 Å². The van der Waals surface area contributed by atoms with Crippen molar-refractivity contribution in [2.75, 3.05) is 6.54 Å². The molecular weight excluding hydrogens is 451 g/mol. The molecule has 0 spiro atoms. The SMILES string of the molecule is CC1=[N+](CCC[Si](O[Si](C)(C)C)(O[Si](C)(C)C)O[Si](C)(C)C)c2ccccc2C1(C)C. The Bertz CT molecular complexity index is 777.